The molecule has 1 aromatic carbocycles. The largest absolute Gasteiger partial charge is 0.485 e. The van der Waals surface area contributed by atoms with Gasteiger partial charge in [0.05, 0.1) is 27.0 Å². The van der Waals surface area contributed by atoms with Gasteiger partial charge in [0.25, 0.3) is 0 Å². The number of aromatic nitrogens is 3. The molecule has 0 amide bonds. The van der Waals surface area contributed by atoms with E-state index in [4.69, 9.17) is 22.8 Å². The molecule has 0 saturated heterocycles. The van der Waals surface area contributed by atoms with Crippen LogP contribution in [-0.2, 0) is 6.61 Å². The lowest BCUT2D eigenvalue weighted by Crippen LogP contribution is -1.95. The van der Waals surface area contributed by atoms with Crippen molar-refractivity contribution in [3.8, 4) is 28.7 Å². The number of para-hydroxylation sites is 1. The second-order valence-corrected chi connectivity index (χ2v) is 7.39. The number of rotatable bonds is 6. The van der Waals surface area contributed by atoms with Crippen LogP contribution < -0.4 is 4.74 Å². The van der Waals surface area contributed by atoms with Gasteiger partial charge in [-0.05, 0) is 25.1 Å². The Morgan fingerprint density at radius 1 is 1.28 bits per heavy atom. The molecule has 2 heterocycles. The van der Waals surface area contributed by atoms with Crippen LogP contribution in [0.3, 0.4) is 0 Å². The van der Waals surface area contributed by atoms with Gasteiger partial charge in [-0.3, -0.25) is 0 Å². The van der Waals surface area contributed by atoms with Gasteiger partial charge in [-0.15, -0.1) is 17.8 Å². The molecule has 4 nitrogen and oxygen atoms in total. The smallest absolute Gasteiger partial charge is 0.189 e. The molecule has 7 heteroatoms. The van der Waals surface area contributed by atoms with Crippen LogP contribution in [0.1, 0.15) is 10.7 Å². The van der Waals surface area contributed by atoms with E-state index in [2.05, 4.69) is 20.9 Å². The first-order valence-corrected chi connectivity index (χ1v) is 9.58. The first-order valence-electron chi connectivity index (χ1n) is 7.40. The number of ether oxygens (including phenoxy) is 1. The van der Waals surface area contributed by atoms with Crippen molar-refractivity contribution < 1.29 is 4.74 Å². The average Bonchev–Trinajstić information content (AvgIpc) is 3.00. The fourth-order valence-electron chi connectivity index (χ4n) is 2.10. The Bertz CT molecular complexity index is 921. The molecule has 0 aliphatic carbocycles. The molecule has 0 radical (unpaired) electrons. The maximum absolute atomic E-state index is 6.11. The lowest BCUT2D eigenvalue weighted by Gasteiger charge is -2.05. The molecule has 0 saturated carbocycles. The van der Waals surface area contributed by atoms with E-state index in [9.17, 15) is 0 Å². The van der Waals surface area contributed by atoms with E-state index < -0.39 is 0 Å². The van der Waals surface area contributed by atoms with Gasteiger partial charge in [0.1, 0.15) is 17.4 Å². The average molecular weight is 388 g/mol. The van der Waals surface area contributed by atoms with Crippen LogP contribution in [0.15, 0.2) is 41.7 Å². The lowest BCUT2D eigenvalue weighted by molar-refractivity contribution is 0.305. The van der Waals surface area contributed by atoms with Crippen molar-refractivity contribution in [3.63, 3.8) is 0 Å². The minimum Gasteiger partial charge on any atom is -0.485 e. The van der Waals surface area contributed by atoms with Gasteiger partial charge in [-0.25, -0.2) is 15.0 Å². The summed E-state index contributed by atoms with van der Waals surface area (Å²) in [7, 11) is 0. The highest BCUT2D eigenvalue weighted by Gasteiger charge is 2.13. The third-order valence-electron chi connectivity index (χ3n) is 3.18. The molecule has 0 spiro atoms. The molecule has 0 aliphatic rings. The van der Waals surface area contributed by atoms with Crippen molar-refractivity contribution in [3.05, 3.63) is 52.3 Å². The SMILES string of the molecule is C#CCSc1nccc(-c2sc(COc3ccccc3Cl)nc2C)n1. The molecule has 3 rings (SSSR count). The van der Waals surface area contributed by atoms with Crippen LogP contribution in [0.25, 0.3) is 10.6 Å². The summed E-state index contributed by atoms with van der Waals surface area (Å²) in [4.78, 5) is 14.4. The summed E-state index contributed by atoms with van der Waals surface area (Å²) < 4.78 is 5.76. The van der Waals surface area contributed by atoms with Gasteiger partial charge in [-0.2, -0.15) is 0 Å². The third kappa shape index (κ3) is 4.51. The van der Waals surface area contributed by atoms with Gasteiger partial charge in [0, 0.05) is 6.20 Å². The monoisotopic (exact) mass is 387 g/mol. The molecule has 126 valence electrons. The molecule has 2 aromatic heterocycles. The van der Waals surface area contributed by atoms with Crippen molar-refractivity contribution >= 4 is 34.7 Å². The van der Waals surface area contributed by atoms with Crippen molar-refractivity contribution in [2.75, 3.05) is 5.75 Å². The molecular formula is C18H14ClN3OS2. The Hall–Kier alpha value is -2.07. The van der Waals surface area contributed by atoms with Crippen LogP contribution in [0.2, 0.25) is 5.02 Å². The topological polar surface area (TPSA) is 47.9 Å². The molecule has 0 bridgehead atoms. The third-order valence-corrected chi connectivity index (χ3v) is 5.41. The van der Waals surface area contributed by atoms with Crippen LogP contribution in [0.4, 0.5) is 0 Å². The standard InChI is InChI=1S/C18H14ClN3OS2/c1-3-10-24-18-20-9-8-14(22-18)17-12(2)21-16(25-17)11-23-15-7-5-4-6-13(15)19/h1,4-9H,10-11H2,2H3. The molecular weight excluding hydrogens is 374 g/mol. The van der Waals surface area contributed by atoms with Gasteiger partial charge in [0.15, 0.2) is 5.16 Å². The van der Waals surface area contributed by atoms with Gasteiger partial charge in [0.2, 0.25) is 0 Å². The number of hydrogen-bond acceptors (Lipinski definition) is 6. The summed E-state index contributed by atoms with van der Waals surface area (Å²) in [5.41, 5.74) is 1.75. The Kier molecular flexibility index (Phi) is 5.92. The van der Waals surface area contributed by atoms with E-state index in [1.165, 1.54) is 11.8 Å². The van der Waals surface area contributed by atoms with Gasteiger partial charge in [-0.1, -0.05) is 41.4 Å². The fourth-order valence-corrected chi connectivity index (χ4v) is 3.74. The van der Waals surface area contributed by atoms with Gasteiger partial charge < -0.3 is 4.74 Å². The van der Waals surface area contributed by atoms with Crippen molar-refractivity contribution in [2.24, 2.45) is 0 Å². The maximum Gasteiger partial charge on any atom is 0.189 e. The van der Waals surface area contributed by atoms with Crippen LogP contribution in [0, 0.1) is 19.3 Å². The highest BCUT2D eigenvalue weighted by molar-refractivity contribution is 7.99. The first kappa shape index (κ1) is 17.7. The fraction of sp³-hybridized carbons (Fsp3) is 0.167. The molecule has 0 atom stereocenters. The van der Waals surface area contributed by atoms with E-state index in [1.807, 2.05) is 31.2 Å². The number of benzene rings is 1. The van der Waals surface area contributed by atoms with Crippen LogP contribution in [0.5, 0.6) is 5.75 Å². The summed E-state index contributed by atoms with van der Waals surface area (Å²) in [6.45, 7) is 2.32. The number of thiazole rings is 1. The summed E-state index contributed by atoms with van der Waals surface area (Å²) in [6, 6.07) is 9.26. The molecule has 3 aromatic rings. The van der Waals surface area contributed by atoms with E-state index >= 15 is 0 Å². The predicted molar refractivity (Wildman–Crippen MR) is 103 cm³/mol. The van der Waals surface area contributed by atoms with Crippen molar-refractivity contribution in [1.29, 1.82) is 0 Å². The van der Waals surface area contributed by atoms with Gasteiger partial charge >= 0.3 is 0 Å². The normalized spacial score (nSPS) is 10.4. The maximum atomic E-state index is 6.11. The quantitative estimate of drug-likeness (QED) is 0.343. The molecule has 25 heavy (non-hydrogen) atoms. The number of thioether (sulfide) groups is 1. The second-order valence-electron chi connectivity index (χ2n) is 4.96. The Labute approximate surface area is 159 Å². The molecule has 0 aliphatic heterocycles. The highest BCUT2D eigenvalue weighted by atomic mass is 35.5. The second kappa shape index (κ2) is 8.34. The Balaban J connectivity index is 1.76. The Morgan fingerprint density at radius 2 is 2.12 bits per heavy atom. The molecule has 0 fully saturated rings. The summed E-state index contributed by atoms with van der Waals surface area (Å²) in [5.74, 6) is 3.76. The zero-order valence-corrected chi connectivity index (χ0v) is 15.8. The molecule has 0 N–H and O–H groups in total. The van der Waals surface area contributed by atoms with Crippen molar-refractivity contribution in [1.82, 2.24) is 15.0 Å². The molecule has 0 unspecified atom stereocenters. The minimum absolute atomic E-state index is 0.360. The number of hydrogen-bond donors (Lipinski definition) is 0. The van der Waals surface area contributed by atoms with E-state index in [-0.39, 0.29) is 0 Å². The van der Waals surface area contributed by atoms with Crippen LogP contribution >= 0.6 is 34.7 Å². The number of aryl methyl sites for hydroxylation is 1. The van der Waals surface area contributed by atoms with E-state index in [1.54, 1.807) is 23.6 Å². The minimum atomic E-state index is 0.360. The zero-order valence-electron chi connectivity index (χ0n) is 13.4. The highest BCUT2D eigenvalue weighted by Crippen LogP contribution is 2.31. The predicted octanol–water partition coefficient (Wildman–Crippen LogP) is 4.87. The summed E-state index contributed by atoms with van der Waals surface area (Å²) >= 11 is 9.10. The number of terminal acetylenes is 1. The first-order chi connectivity index (χ1) is 12.2. The number of halogens is 1. The summed E-state index contributed by atoms with van der Waals surface area (Å²) in [5, 5.41) is 2.11. The Morgan fingerprint density at radius 3 is 2.92 bits per heavy atom. The zero-order chi connectivity index (χ0) is 17.6. The van der Waals surface area contributed by atoms with E-state index in [0.717, 1.165) is 21.3 Å². The number of nitrogens with zero attached hydrogens (tertiary/aromatic N) is 3. The lowest BCUT2D eigenvalue weighted by atomic mass is 10.3. The van der Waals surface area contributed by atoms with Crippen molar-refractivity contribution in [2.45, 2.75) is 18.7 Å². The van der Waals surface area contributed by atoms with Crippen LogP contribution in [-0.4, -0.2) is 20.7 Å². The summed E-state index contributed by atoms with van der Waals surface area (Å²) in [6.07, 6.45) is 7.02. The van der Waals surface area contributed by atoms with E-state index in [0.29, 0.717) is 28.3 Å².